The van der Waals surface area contributed by atoms with Crippen LogP contribution in [0.4, 0.5) is 0 Å². The molecule has 0 saturated carbocycles. The second kappa shape index (κ2) is 8.17. The molecule has 0 aliphatic carbocycles. The molecule has 0 bridgehead atoms. The van der Waals surface area contributed by atoms with Gasteiger partial charge in [-0.15, -0.1) is 0 Å². The van der Waals surface area contributed by atoms with Gasteiger partial charge in [-0.1, -0.05) is 0 Å². The van der Waals surface area contributed by atoms with E-state index >= 15 is 0 Å². The molecule has 0 saturated heterocycles. The summed E-state index contributed by atoms with van der Waals surface area (Å²) in [4.78, 5) is 11.7. The lowest BCUT2D eigenvalue weighted by Gasteiger charge is -2.17. The van der Waals surface area contributed by atoms with Crippen molar-refractivity contribution >= 4 is 12.0 Å². The summed E-state index contributed by atoms with van der Waals surface area (Å²) in [6.07, 6.45) is 2.68. The van der Waals surface area contributed by atoms with Gasteiger partial charge in [-0.2, -0.15) is 0 Å². The van der Waals surface area contributed by atoms with Gasteiger partial charge < -0.3 is 23.7 Å². The zero-order valence-electron chi connectivity index (χ0n) is 13.8. The average molecular weight is 310 g/mol. The number of carbonyl (C=O) groups excluding carboxylic acids is 1. The van der Waals surface area contributed by atoms with Gasteiger partial charge in [0.05, 0.1) is 40.1 Å². The molecule has 22 heavy (non-hydrogen) atoms. The Morgan fingerprint density at radius 3 is 2.00 bits per heavy atom. The SMILES string of the molecule is COc1cc(OC)c(OC)c(OC)c1C=CC(=O)OC(C)C. The molecule has 0 aliphatic rings. The largest absolute Gasteiger partial charge is 0.496 e. The molecule has 0 fully saturated rings. The lowest BCUT2D eigenvalue weighted by atomic mass is 10.1. The molecule has 1 rings (SSSR count). The molecule has 0 N–H and O–H groups in total. The summed E-state index contributed by atoms with van der Waals surface area (Å²) in [5.74, 6) is 1.34. The van der Waals surface area contributed by atoms with Crippen molar-refractivity contribution in [2.45, 2.75) is 20.0 Å². The van der Waals surface area contributed by atoms with Crippen LogP contribution in [0.25, 0.3) is 6.08 Å². The Kier molecular flexibility index (Phi) is 6.56. The third kappa shape index (κ3) is 4.07. The highest BCUT2D eigenvalue weighted by atomic mass is 16.5. The molecule has 0 aliphatic heterocycles. The summed E-state index contributed by atoms with van der Waals surface area (Å²) >= 11 is 0. The van der Waals surface area contributed by atoms with Crippen molar-refractivity contribution in [3.63, 3.8) is 0 Å². The van der Waals surface area contributed by atoms with E-state index in [2.05, 4.69) is 0 Å². The van der Waals surface area contributed by atoms with E-state index in [1.165, 1.54) is 34.5 Å². The van der Waals surface area contributed by atoms with Crippen LogP contribution in [0.2, 0.25) is 0 Å². The summed E-state index contributed by atoms with van der Waals surface area (Å²) < 4.78 is 26.3. The van der Waals surface area contributed by atoms with E-state index in [9.17, 15) is 4.79 Å². The maximum atomic E-state index is 11.7. The average Bonchev–Trinajstić information content (AvgIpc) is 2.50. The second-order valence-corrected chi connectivity index (χ2v) is 4.58. The van der Waals surface area contributed by atoms with Crippen LogP contribution in [0.1, 0.15) is 19.4 Å². The van der Waals surface area contributed by atoms with Crippen molar-refractivity contribution in [2.24, 2.45) is 0 Å². The van der Waals surface area contributed by atoms with E-state index in [1.807, 2.05) is 0 Å². The number of benzene rings is 1. The van der Waals surface area contributed by atoms with E-state index in [1.54, 1.807) is 26.0 Å². The van der Waals surface area contributed by atoms with Gasteiger partial charge in [0.15, 0.2) is 11.5 Å². The van der Waals surface area contributed by atoms with Crippen molar-refractivity contribution in [3.05, 3.63) is 17.7 Å². The van der Waals surface area contributed by atoms with Crippen LogP contribution in [0.5, 0.6) is 23.0 Å². The lowest BCUT2D eigenvalue weighted by molar-refractivity contribution is -0.141. The molecule has 1 aromatic carbocycles. The van der Waals surface area contributed by atoms with Crippen LogP contribution in [-0.2, 0) is 9.53 Å². The standard InChI is InChI=1S/C16H22O6/c1-10(2)22-14(17)8-7-11-12(18-3)9-13(19-4)16(21-6)15(11)20-5/h7-10H,1-6H3. The normalized spacial score (nSPS) is 10.7. The quantitative estimate of drug-likeness (QED) is 0.570. The van der Waals surface area contributed by atoms with Gasteiger partial charge in [-0.3, -0.25) is 0 Å². The van der Waals surface area contributed by atoms with Gasteiger partial charge in [0.2, 0.25) is 5.75 Å². The highest BCUT2D eigenvalue weighted by Gasteiger charge is 2.20. The van der Waals surface area contributed by atoms with Crippen LogP contribution in [-0.4, -0.2) is 40.5 Å². The number of ether oxygens (including phenoxy) is 5. The molecule has 0 heterocycles. The fourth-order valence-electron chi connectivity index (χ4n) is 1.91. The van der Waals surface area contributed by atoms with Crippen molar-refractivity contribution < 1.29 is 28.5 Å². The summed E-state index contributed by atoms with van der Waals surface area (Å²) in [7, 11) is 6.05. The fraction of sp³-hybridized carbons (Fsp3) is 0.438. The van der Waals surface area contributed by atoms with Crippen LogP contribution in [0, 0.1) is 0 Å². The Hall–Kier alpha value is -2.37. The zero-order valence-corrected chi connectivity index (χ0v) is 13.8. The first-order chi connectivity index (χ1) is 10.5. The molecule has 6 heteroatoms. The molecule has 0 spiro atoms. The van der Waals surface area contributed by atoms with E-state index in [4.69, 9.17) is 23.7 Å². The molecule has 0 aromatic heterocycles. The minimum absolute atomic E-state index is 0.189. The Balaban J connectivity index is 3.32. The monoisotopic (exact) mass is 310 g/mol. The topological polar surface area (TPSA) is 63.2 Å². The molecule has 0 unspecified atom stereocenters. The first-order valence-electron chi connectivity index (χ1n) is 6.74. The van der Waals surface area contributed by atoms with Crippen molar-refractivity contribution in [2.75, 3.05) is 28.4 Å². The van der Waals surface area contributed by atoms with Crippen molar-refractivity contribution in [1.82, 2.24) is 0 Å². The maximum Gasteiger partial charge on any atom is 0.331 e. The van der Waals surface area contributed by atoms with E-state index in [0.717, 1.165) is 0 Å². The van der Waals surface area contributed by atoms with Crippen LogP contribution >= 0.6 is 0 Å². The van der Waals surface area contributed by atoms with Gasteiger partial charge in [-0.25, -0.2) is 4.79 Å². The van der Waals surface area contributed by atoms with Gasteiger partial charge >= 0.3 is 5.97 Å². The summed E-state index contributed by atoms with van der Waals surface area (Å²) in [6, 6.07) is 1.66. The van der Waals surface area contributed by atoms with Crippen LogP contribution in [0.3, 0.4) is 0 Å². The minimum Gasteiger partial charge on any atom is -0.496 e. The van der Waals surface area contributed by atoms with E-state index < -0.39 is 5.97 Å². The molecule has 1 aromatic rings. The summed E-state index contributed by atoms with van der Waals surface area (Å²) in [5, 5.41) is 0. The van der Waals surface area contributed by atoms with Gasteiger partial charge in [0.1, 0.15) is 5.75 Å². The molecule has 0 amide bonds. The lowest BCUT2D eigenvalue weighted by Crippen LogP contribution is -2.08. The molecular formula is C16H22O6. The van der Waals surface area contributed by atoms with Gasteiger partial charge in [0, 0.05) is 12.1 Å². The van der Waals surface area contributed by atoms with E-state index in [0.29, 0.717) is 28.6 Å². The Morgan fingerprint density at radius 2 is 1.55 bits per heavy atom. The predicted octanol–water partition coefficient (Wildman–Crippen LogP) is 2.69. The molecule has 0 radical (unpaired) electrons. The number of hydrogen-bond donors (Lipinski definition) is 0. The number of carbonyl (C=O) groups is 1. The van der Waals surface area contributed by atoms with E-state index in [-0.39, 0.29) is 6.10 Å². The third-order valence-corrected chi connectivity index (χ3v) is 2.79. The molecular weight excluding hydrogens is 288 g/mol. The van der Waals surface area contributed by atoms with Gasteiger partial charge in [0.25, 0.3) is 0 Å². The second-order valence-electron chi connectivity index (χ2n) is 4.58. The van der Waals surface area contributed by atoms with Crippen molar-refractivity contribution in [3.8, 4) is 23.0 Å². The Morgan fingerprint density at radius 1 is 0.955 bits per heavy atom. The molecule has 6 nitrogen and oxygen atoms in total. The van der Waals surface area contributed by atoms with Crippen molar-refractivity contribution in [1.29, 1.82) is 0 Å². The number of esters is 1. The van der Waals surface area contributed by atoms with Crippen LogP contribution < -0.4 is 18.9 Å². The summed E-state index contributed by atoms with van der Waals surface area (Å²) in [5.41, 5.74) is 0.559. The fourth-order valence-corrected chi connectivity index (χ4v) is 1.91. The first kappa shape index (κ1) is 17.7. The smallest absolute Gasteiger partial charge is 0.331 e. The zero-order chi connectivity index (χ0) is 16.7. The first-order valence-corrected chi connectivity index (χ1v) is 6.74. The highest BCUT2D eigenvalue weighted by Crippen LogP contribution is 2.45. The predicted molar refractivity (Wildman–Crippen MR) is 82.9 cm³/mol. The molecule has 122 valence electrons. The summed E-state index contributed by atoms with van der Waals surface area (Å²) in [6.45, 7) is 3.56. The number of rotatable bonds is 7. The highest BCUT2D eigenvalue weighted by molar-refractivity contribution is 5.89. The third-order valence-electron chi connectivity index (χ3n) is 2.79. The Labute approximate surface area is 130 Å². The Bertz CT molecular complexity index is 548. The molecule has 0 atom stereocenters. The van der Waals surface area contributed by atoms with Gasteiger partial charge in [-0.05, 0) is 19.9 Å². The minimum atomic E-state index is -0.450. The number of hydrogen-bond acceptors (Lipinski definition) is 6. The number of methoxy groups -OCH3 is 4. The van der Waals surface area contributed by atoms with Crippen LogP contribution in [0.15, 0.2) is 12.1 Å². The maximum absolute atomic E-state index is 11.7.